The molecule has 0 unspecified atom stereocenters. The number of ether oxygens (including phenoxy) is 1. The van der Waals surface area contributed by atoms with Gasteiger partial charge in [-0.3, -0.25) is 19.4 Å². The van der Waals surface area contributed by atoms with Gasteiger partial charge in [0.15, 0.2) is 13.9 Å². The van der Waals surface area contributed by atoms with Crippen molar-refractivity contribution in [3.63, 3.8) is 0 Å². The second-order valence-electron chi connectivity index (χ2n) is 10.4. The summed E-state index contributed by atoms with van der Waals surface area (Å²) in [4.78, 5) is 41.1. The average Bonchev–Trinajstić information content (AvgIpc) is 3.32. The van der Waals surface area contributed by atoms with Crippen molar-refractivity contribution in [2.24, 2.45) is 5.92 Å². The van der Waals surface area contributed by atoms with Gasteiger partial charge in [0, 0.05) is 40.7 Å². The maximum Gasteiger partial charge on any atom is 0.268 e. The molecule has 2 aliphatic heterocycles. The fourth-order valence-electron chi connectivity index (χ4n) is 6.23. The summed E-state index contributed by atoms with van der Waals surface area (Å²) in [5.74, 6) is -0.577. The molecule has 3 aromatic rings. The summed E-state index contributed by atoms with van der Waals surface area (Å²) in [6, 6.07) is 24.3. The zero-order chi connectivity index (χ0) is 26.4. The minimum Gasteiger partial charge on any atom is -0.432 e. The molecule has 3 aromatic carbocycles. The Balaban J connectivity index is 1.72. The van der Waals surface area contributed by atoms with Crippen molar-refractivity contribution in [1.29, 1.82) is 0 Å². The molecule has 1 fully saturated rings. The summed E-state index contributed by atoms with van der Waals surface area (Å²) >= 11 is 0. The molecule has 8 heteroatoms. The molecular weight excluding hydrogens is 484 g/mol. The van der Waals surface area contributed by atoms with E-state index >= 15 is 0 Å². The molecule has 1 saturated heterocycles. The normalized spacial score (nSPS) is 24.9. The van der Waals surface area contributed by atoms with Crippen LogP contribution < -0.4 is 9.80 Å². The van der Waals surface area contributed by atoms with Crippen molar-refractivity contribution in [1.82, 2.24) is 0 Å². The highest BCUT2D eigenvalue weighted by molar-refractivity contribution is 6.71. The maximum absolute atomic E-state index is 14.4. The van der Waals surface area contributed by atoms with Crippen molar-refractivity contribution >= 4 is 43.4 Å². The smallest absolute Gasteiger partial charge is 0.268 e. The third-order valence-electron chi connectivity index (χ3n) is 7.72. The van der Waals surface area contributed by atoms with Gasteiger partial charge >= 0.3 is 0 Å². The molecular formula is C29H32N2O5Si. The first-order valence-electron chi connectivity index (χ1n) is 12.6. The Morgan fingerprint density at radius 3 is 2.27 bits per heavy atom. The SMILES string of the molecule is C[C@@H]1[C@@H]([Si](C)(C)O)[C@H](CCO)O[C@@]12C(=O)N(c1ccccc1)c1ccc(N(C=O)c3ccccc3)cc12. The zero-order valence-corrected chi connectivity index (χ0v) is 22.2. The van der Waals surface area contributed by atoms with Crippen LogP contribution in [0.2, 0.25) is 18.6 Å². The molecule has 0 aliphatic carbocycles. The van der Waals surface area contributed by atoms with Crippen LogP contribution in [0.25, 0.3) is 0 Å². The number of nitrogens with zero attached hydrogens (tertiary/aromatic N) is 2. The van der Waals surface area contributed by atoms with E-state index in [-0.39, 0.29) is 24.0 Å². The summed E-state index contributed by atoms with van der Waals surface area (Å²) in [6.45, 7) is 5.57. The average molecular weight is 517 g/mol. The number of fused-ring (bicyclic) bond motifs is 2. The predicted octanol–water partition coefficient (Wildman–Crippen LogP) is 4.84. The fourth-order valence-corrected chi connectivity index (χ4v) is 8.83. The van der Waals surface area contributed by atoms with Gasteiger partial charge in [0.05, 0.1) is 11.8 Å². The fraction of sp³-hybridized carbons (Fsp3) is 0.310. The van der Waals surface area contributed by atoms with E-state index in [0.717, 1.165) is 6.41 Å². The standard InChI is InChI=1S/C29H32N2O5Si/c1-20-27(37(2,3)35)26(16-17-32)36-29(20)24-18-23(30(19-33)21-10-6-4-7-11-21)14-15-25(24)31(28(29)34)22-12-8-5-9-13-22/h4-15,18-20,26-27,32,35H,16-17H2,1-3H3/t20-,26+,27-,29+/m1/s1. The van der Waals surface area contributed by atoms with E-state index in [1.165, 1.54) is 4.90 Å². The van der Waals surface area contributed by atoms with Crippen LogP contribution >= 0.6 is 0 Å². The van der Waals surface area contributed by atoms with Crippen molar-refractivity contribution in [3.8, 4) is 0 Å². The summed E-state index contributed by atoms with van der Waals surface area (Å²) < 4.78 is 6.68. The number of hydrogen-bond acceptors (Lipinski definition) is 5. The van der Waals surface area contributed by atoms with E-state index in [2.05, 4.69) is 0 Å². The van der Waals surface area contributed by atoms with Crippen molar-refractivity contribution < 1.29 is 24.2 Å². The molecule has 0 radical (unpaired) electrons. The Labute approximate surface area is 218 Å². The number of para-hydroxylation sites is 2. The molecule has 2 aliphatic rings. The van der Waals surface area contributed by atoms with Gasteiger partial charge in [-0.25, -0.2) is 0 Å². The number of rotatable bonds is 7. The lowest BCUT2D eigenvalue weighted by Crippen LogP contribution is -2.45. The number of hydrogen-bond donors (Lipinski definition) is 2. The second-order valence-corrected chi connectivity index (χ2v) is 14.3. The zero-order valence-electron chi connectivity index (χ0n) is 21.2. The topological polar surface area (TPSA) is 90.3 Å². The largest absolute Gasteiger partial charge is 0.432 e. The number of aliphatic hydroxyl groups excluding tert-OH is 1. The van der Waals surface area contributed by atoms with Gasteiger partial charge in [0.25, 0.3) is 5.91 Å². The van der Waals surface area contributed by atoms with Crippen LogP contribution in [0.15, 0.2) is 78.9 Å². The van der Waals surface area contributed by atoms with Gasteiger partial charge in [0.1, 0.15) is 0 Å². The van der Waals surface area contributed by atoms with Crippen LogP contribution in [0.1, 0.15) is 18.9 Å². The Morgan fingerprint density at radius 2 is 1.68 bits per heavy atom. The maximum atomic E-state index is 14.4. The lowest BCUT2D eigenvalue weighted by Gasteiger charge is -2.32. The minimum absolute atomic E-state index is 0.106. The van der Waals surface area contributed by atoms with E-state index in [1.54, 1.807) is 4.90 Å². The summed E-state index contributed by atoms with van der Waals surface area (Å²) in [5.41, 5.74) is 1.75. The third-order valence-corrected chi connectivity index (χ3v) is 10.2. The Kier molecular flexibility index (Phi) is 6.53. The first-order valence-corrected chi connectivity index (χ1v) is 15.6. The van der Waals surface area contributed by atoms with Crippen LogP contribution in [0.3, 0.4) is 0 Å². The lowest BCUT2D eigenvalue weighted by atomic mass is 9.82. The summed E-state index contributed by atoms with van der Waals surface area (Å²) in [5, 5.41) is 9.81. The van der Waals surface area contributed by atoms with Gasteiger partial charge in [-0.05, 0) is 62.0 Å². The van der Waals surface area contributed by atoms with E-state index in [4.69, 9.17) is 4.74 Å². The Hall–Kier alpha value is -3.30. The molecule has 4 atom stereocenters. The van der Waals surface area contributed by atoms with E-state index in [1.807, 2.05) is 98.9 Å². The van der Waals surface area contributed by atoms with Crippen molar-refractivity contribution in [2.45, 2.75) is 43.7 Å². The van der Waals surface area contributed by atoms with E-state index in [0.29, 0.717) is 34.7 Å². The van der Waals surface area contributed by atoms with Crippen LogP contribution in [-0.4, -0.2) is 43.2 Å². The molecule has 192 valence electrons. The lowest BCUT2D eigenvalue weighted by molar-refractivity contribution is -0.145. The Morgan fingerprint density at radius 1 is 1.03 bits per heavy atom. The van der Waals surface area contributed by atoms with Crippen LogP contribution in [-0.2, 0) is 19.9 Å². The quantitative estimate of drug-likeness (QED) is 0.346. The highest BCUT2D eigenvalue weighted by Gasteiger charge is 2.66. The number of carbonyl (C=O) groups excluding carboxylic acids is 2. The minimum atomic E-state index is -2.80. The first kappa shape index (κ1) is 25.4. The van der Waals surface area contributed by atoms with Gasteiger partial charge in [-0.1, -0.05) is 43.3 Å². The predicted molar refractivity (Wildman–Crippen MR) is 146 cm³/mol. The van der Waals surface area contributed by atoms with E-state index < -0.39 is 20.0 Å². The molecule has 1 spiro atoms. The van der Waals surface area contributed by atoms with Crippen LogP contribution in [0.5, 0.6) is 0 Å². The summed E-state index contributed by atoms with van der Waals surface area (Å²) in [6.07, 6.45) is 0.612. The second kappa shape index (κ2) is 9.53. The highest BCUT2D eigenvalue weighted by Crippen LogP contribution is 2.61. The Bertz CT molecular complexity index is 1300. The van der Waals surface area contributed by atoms with Crippen molar-refractivity contribution in [2.75, 3.05) is 16.4 Å². The number of anilines is 4. The highest BCUT2D eigenvalue weighted by atomic mass is 28.4. The molecule has 0 saturated carbocycles. The molecule has 2 heterocycles. The van der Waals surface area contributed by atoms with E-state index in [9.17, 15) is 19.5 Å². The number of benzene rings is 3. The number of carbonyl (C=O) groups is 2. The monoisotopic (exact) mass is 516 g/mol. The number of amides is 2. The van der Waals surface area contributed by atoms with Crippen LogP contribution in [0, 0.1) is 5.92 Å². The van der Waals surface area contributed by atoms with Crippen LogP contribution in [0.4, 0.5) is 22.7 Å². The molecule has 0 aromatic heterocycles. The molecule has 2 N–H and O–H groups in total. The van der Waals surface area contributed by atoms with Crippen molar-refractivity contribution in [3.05, 3.63) is 84.4 Å². The first-order chi connectivity index (χ1) is 17.7. The van der Waals surface area contributed by atoms with Gasteiger partial charge < -0.3 is 14.6 Å². The molecule has 7 nitrogen and oxygen atoms in total. The number of aliphatic hydroxyl groups is 1. The van der Waals surface area contributed by atoms with Gasteiger partial charge in [-0.15, -0.1) is 0 Å². The molecule has 0 bridgehead atoms. The van der Waals surface area contributed by atoms with Gasteiger partial charge in [-0.2, -0.15) is 0 Å². The third kappa shape index (κ3) is 4.01. The molecule has 5 rings (SSSR count). The van der Waals surface area contributed by atoms with Gasteiger partial charge in [0.2, 0.25) is 6.41 Å². The molecule has 37 heavy (non-hydrogen) atoms. The molecule has 2 amide bonds. The summed E-state index contributed by atoms with van der Waals surface area (Å²) in [7, 11) is -2.80.